The third-order valence-electron chi connectivity index (χ3n) is 5.47. The van der Waals surface area contributed by atoms with Crippen LogP contribution in [0.25, 0.3) is 0 Å². The van der Waals surface area contributed by atoms with E-state index in [1.165, 1.54) is 4.90 Å². The normalized spacial score (nSPS) is 15.6. The zero-order valence-corrected chi connectivity index (χ0v) is 19.2. The van der Waals surface area contributed by atoms with Crippen LogP contribution in [0.15, 0.2) is 73.1 Å². The minimum atomic E-state index is -0.724. The fraction of sp³-hybridized carbons (Fsp3) is 0.200. The molecule has 4 rings (SSSR count). The molecule has 1 N–H and O–H groups in total. The lowest BCUT2D eigenvalue weighted by Crippen LogP contribution is -2.37. The highest BCUT2D eigenvalue weighted by atomic mass is 32.1. The Bertz CT molecular complexity index is 1150. The number of amides is 2. The zero-order valence-electron chi connectivity index (χ0n) is 18.4. The average Bonchev–Trinajstić information content (AvgIpc) is 3.05. The minimum absolute atomic E-state index is 0.0232. The van der Waals surface area contributed by atoms with Crippen molar-refractivity contribution in [1.82, 2.24) is 9.88 Å². The third-order valence-corrected chi connectivity index (χ3v) is 5.88. The Morgan fingerprint density at radius 3 is 2.36 bits per heavy atom. The molecule has 8 heteroatoms. The zero-order chi connectivity index (χ0) is 23.4. The number of methoxy groups -OCH3 is 1. The molecule has 1 aliphatic rings. The predicted molar refractivity (Wildman–Crippen MR) is 131 cm³/mol. The summed E-state index contributed by atoms with van der Waals surface area (Å²) >= 11 is 5.71. The van der Waals surface area contributed by atoms with Gasteiger partial charge in [0.2, 0.25) is 5.91 Å². The van der Waals surface area contributed by atoms with Crippen molar-refractivity contribution >= 4 is 40.5 Å². The van der Waals surface area contributed by atoms with E-state index in [0.29, 0.717) is 28.8 Å². The van der Waals surface area contributed by atoms with Gasteiger partial charge in [-0.05, 0) is 73.2 Å². The molecule has 2 heterocycles. The largest absolute Gasteiger partial charge is 0.497 e. The van der Waals surface area contributed by atoms with Gasteiger partial charge in [-0.2, -0.15) is 0 Å². The maximum absolute atomic E-state index is 13.5. The van der Waals surface area contributed by atoms with Gasteiger partial charge in [-0.25, -0.2) is 0 Å². The van der Waals surface area contributed by atoms with Gasteiger partial charge in [0.1, 0.15) is 11.8 Å². The van der Waals surface area contributed by atoms with E-state index in [0.717, 1.165) is 11.1 Å². The molecule has 0 spiro atoms. The highest BCUT2D eigenvalue weighted by molar-refractivity contribution is 7.80. The summed E-state index contributed by atoms with van der Waals surface area (Å²) in [6, 6.07) is 17.6. The standard InChI is InChI=1S/C25H24N4O3S/c1-17-3-5-19(6-4-17)27-23(30)15-22-24(31)29(20-7-9-21(32-2)10-8-20)25(33)28(22)16-18-11-13-26-14-12-18/h3-14,22H,15-16H2,1-2H3,(H,27,30)/t22-/m1/s1. The van der Waals surface area contributed by atoms with Crippen molar-refractivity contribution < 1.29 is 14.3 Å². The Kier molecular flexibility index (Phi) is 6.65. The van der Waals surface area contributed by atoms with Gasteiger partial charge in [-0.15, -0.1) is 0 Å². The van der Waals surface area contributed by atoms with Crippen LogP contribution in [0.1, 0.15) is 17.5 Å². The van der Waals surface area contributed by atoms with Crippen molar-refractivity contribution in [3.05, 3.63) is 84.2 Å². The number of hydrogen-bond acceptors (Lipinski definition) is 5. The van der Waals surface area contributed by atoms with Gasteiger partial charge in [0.15, 0.2) is 5.11 Å². The van der Waals surface area contributed by atoms with Crippen molar-refractivity contribution in [2.75, 3.05) is 17.3 Å². The summed E-state index contributed by atoms with van der Waals surface area (Å²) in [4.78, 5) is 33.7. The van der Waals surface area contributed by atoms with E-state index < -0.39 is 6.04 Å². The molecule has 2 amide bonds. The Hall–Kier alpha value is -3.78. The van der Waals surface area contributed by atoms with Crippen LogP contribution in [-0.4, -0.2) is 40.0 Å². The van der Waals surface area contributed by atoms with Crippen LogP contribution in [-0.2, 0) is 16.1 Å². The Morgan fingerprint density at radius 1 is 1.06 bits per heavy atom. The predicted octanol–water partition coefficient (Wildman–Crippen LogP) is 3.93. The number of anilines is 2. The number of nitrogens with one attached hydrogen (secondary N) is 1. The first-order valence-electron chi connectivity index (χ1n) is 10.5. The molecule has 33 heavy (non-hydrogen) atoms. The minimum Gasteiger partial charge on any atom is -0.497 e. The molecule has 1 aromatic heterocycles. The van der Waals surface area contributed by atoms with E-state index in [9.17, 15) is 9.59 Å². The maximum atomic E-state index is 13.5. The van der Waals surface area contributed by atoms with Crippen molar-refractivity contribution in [1.29, 1.82) is 0 Å². The van der Waals surface area contributed by atoms with Crippen LogP contribution in [0.4, 0.5) is 11.4 Å². The molecular formula is C25H24N4O3S. The summed E-state index contributed by atoms with van der Waals surface area (Å²) < 4.78 is 5.22. The number of rotatable bonds is 7. The summed E-state index contributed by atoms with van der Waals surface area (Å²) in [7, 11) is 1.58. The number of ether oxygens (including phenoxy) is 1. The number of aryl methyl sites for hydroxylation is 1. The third kappa shape index (κ3) is 5.01. The molecule has 1 aliphatic heterocycles. The van der Waals surface area contributed by atoms with Crippen molar-refractivity contribution in [2.45, 2.75) is 25.9 Å². The Morgan fingerprint density at radius 2 is 1.73 bits per heavy atom. The molecular weight excluding hydrogens is 436 g/mol. The molecule has 7 nitrogen and oxygen atoms in total. The van der Waals surface area contributed by atoms with Crippen LogP contribution >= 0.6 is 12.2 Å². The summed E-state index contributed by atoms with van der Waals surface area (Å²) in [6.45, 7) is 2.37. The first-order chi connectivity index (χ1) is 16.0. The highest BCUT2D eigenvalue weighted by Gasteiger charge is 2.44. The SMILES string of the molecule is COc1ccc(N2C(=O)[C@@H](CC(=O)Nc3ccc(C)cc3)N(Cc3ccncc3)C2=S)cc1. The topological polar surface area (TPSA) is 74.8 Å². The smallest absolute Gasteiger partial charge is 0.256 e. The molecule has 168 valence electrons. The van der Waals surface area contributed by atoms with Crippen LogP contribution in [0.5, 0.6) is 5.75 Å². The van der Waals surface area contributed by atoms with E-state index in [1.807, 2.05) is 43.3 Å². The van der Waals surface area contributed by atoms with Gasteiger partial charge < -0.3 is 15.0 Å². The molecule has 0 saturated carbocycles. The van der Waals surface area contributed by atoms with E-state index in [-0.39, 0.29) is 18.2 Å². The van der Waals surface area contributed by atoms with Crippen molar-refractivity contribution in [3.63, 3.8) is 0 Å². The van der Waals surface area contributed by atoms with Crippen molar-refractivity contribution in [2.24, 2.45) is 0 Å². The van der Waals surface area contributed by atoms with Gasteiger partial charge in [0.25, 0.3) is 5.91 Å². The number of nitrogens with zero attached hydrogens (tertiary/aromatic N) is 3. The van der Waals surface area contributed by atoms with Gasteiger partial charge >= 0.3 is 0 Å². The number of aromatic nitrogens is 1. The molecule has 1 fully saturated rings. The Labute approximate surface area is 198 Å². The summed E-state index contributed by atoms with van der Waals surface area (Å²) in [5.41, 5.74) is 3.36. The summed E-state index contributed by atoms with van der Waals surface area (Å²) in [5.74, 6) is 0.188. The van der Waals surface area contributed by atoms with E-state index in [1.54, 1.807) is 48.7 Å². The molecule has 0 aliphatic carbocycles. The quantitative estimate of drug-likeness (QED) is 0.539. The second kappa shape index (κ2) is 9.79. The first kappa shape index (κ1) is 22.4. The molecule has 1 atom stereocenters. The number of benzene rings is 2. The Balaban J connectivity index is 1.59. The monoisotopic (exact) mass is 460 g/mol. The lowest BCUT2D eigenvalue weighted by Gasteiger charge is -2.24. The number of pyridine rings is 1. The summed E-state index contributed by atoms with van der Waals surface area (Å²) in [5, 5.41) is 3.24. The molecule has 3 aromatic rings. The van der Waals surface area contributed by atoms with Gasteiger partial charge in [-0.3, -0.25) is 19.5 Å². The summed E-state index contributed by atoms with van der Waals surface area (Å²) in [6.07, 6.45) is 3.36. The maximum Gasteiger partial charge on any atom is 0.256 e. The first-order valence-corrected chi connectivity index (χ1v) is 10.9. The fourth-order valence-electron chi connectivity index (χ4n) is 3.69. The number of carbonyl (C=O) groups is 2. The number of hydrogen-bond donors (Lipinski definition) is 1. The lowest BCUT2D eigenvalue weighted by molar-refractivity contribution is -0.124. The molecule has 0 bridgehead atoms. The second-order valence-corrected chi connectivity index (χ2v) is 8.14. The molecule has 0 unspecified atom stereocenters. The molecule has 1 saturated heterocycles. The van der Waals surface area contributed by atoms with E-state index in [4.69, 9.17) is 17.0 Å². The lowest BCUT2D eigenvalue weighted by atomic mass is 10.1. The van der Waals surface area contributed by atoms with Crippen molar-refractivity contribution in [3.8, 4) is 5.75 Å². The van der Waals surface area contributed by atoms with Gasteiger partial charge in [0, 0.05) is 24.6 Å². The van der Waals surface area contributed by atoms with Crippen LogP contribution in [0, 0.1) is 6.92 Å². The van der Waals surface area contributed by atoms with Gasteiger partial charge in [-0.1, -0.05) is 17.7 Å². The van der Waals surface area contributed by atoms with Crippen LogP contribution < -0.4 is 15.0 Å². The van der Waals surface area contributed by atoms with Gasteiger partial charge in [0.05, 0.1) is 19.2 Å². The van der Waals surface area contributed by atoms with Crippen LogP contribution in [0.2, 0.25) is 0 Å². The average molecular weight is 461 g/mol. The second-order valence-electron chi connectivity index (χ2n) is 7.77. The van der Waals surface area contributed by atoms with E-state index in [2.05, 4.69) is 10.3 Å². The van der Waals surface area contributed by atoms with E-state index >= 15 is 0 Å². The number of carbonyl (C=O) groups excluding carboxylic acids is 2. The van der Waals surface area contributed by atoms with Crippen LogP contribution in [0.3, 0.4) is 0 Å². The molecule has 0 radical (unpaired) electrons. The highest BCUT2D eigenvalue weighted by Crippen LogP contribution is 2.30. The number of thiocarbonyl (C=S) groups is 1. The fourth-order valence-corrected chi connectivity index (χ4v) is 4.08. The molecule has 2 aromatic carbocycles.